The van der Waals surface area contributed by atoms with Crippen LogP contribution in [0.2, 0.25) is 5.28 Å². The monoisotopic (exact) mass is 240 g/mol. The normalized spacial score (nSPS) is 14.6. The van der Waals surface area contributed by atoms with Crippen molar-refractivity contribution in [1.82, 2.24) is 15.3 Å². The molecule has 1 aliphatic carbocycles. The van der Waals surface area contributed by atoms with Crippen LogP contribution in [0.5, 0.6) is 0 Å². The van der Waals surface area contributed by atoms with E-state index in [-0.39, 0.29) is 17.7 Å². The van der Waals surface area contributed by atoms with Crippen LogP contribution >= 0.6 is 11.6 Å². The van der Waals surface area contributed by atoms with Crippen LogP contribution in [0, 0.1) is 6.92 Å². The zero-order chi connectivity index (χ0) is 11.5. The van der Waals surface area contributed by atoms with E-state index in [9.17, 15) is 4.79 Å². The van der Waals surface area contributed by atoms with E-state index in [1.165, 1.54) is 0 Å². The molecule has 0 aromatic carbocycles. The molecule has 16 heavy (non-hydrogen) atoms. The van der Waals surface area contributed by atoms with Crippen molar-refractivity contribution >= 4 is 23.3 Å². The molecule has 1 aromatic rings. The van der Waals surface area contributed by atoms with E-state index >= 15 is 0 Å². The Kier molecular flexibility index (Phi) is 3.24. The van der Waals surface area contributed by atoms with Gasteiger partial charge < -0.3 is 10.6 Å². The lowest BCUT2D eigenvalue weighted by molar-refractivity contribution is -0.119. The van der Waals surface area contributed by atoms with E-state index in [1.54, 1.807) is 6.07 Å². The third kappa shape index (κ3) is 3.34. The minimum absolute atomic E-state index is 0.0186. The summed E-state index contributed by atoms with van der Waals surface area (Å²) in [4.78, 5) is 19.3. The fourth-order valence-corrected chi connectivity index (χ4v) is 1.52. The van der Waals surface area contributed by atoms with Crippen LogP contribution in [0.1, 0.15) is 18.5 Å². The number of anilines is 1. The minimum Gasteiger partial charge on any atom is -0.361 e. The fraction of sp³-hybridized carbons (Fsp3) is 0.500. The fourth-order valence-electron chi connectivity index (χ4n) is 1.30. The molecule has 0 bridgehead atoms. The highest BCUT2D eigenvalue weighted by molar-refractivity contribution is 6.28. The van der Waals surface area contributed by atoms with Gasteiger partial charge >= 0.3 is 0 Å². The van der Waals surface area contributed by atoms with Gasteiger partial charge in [0, 0.05) is 17.8 Å². The first kappa shape index (κ1) is 11.1. The van der Waals surface area contributed by atoms with E-state index in [1.807, 2.05) is 6.92 Å². The number of hydrogen-bond acceptors (Lipinski definition) is 4. The maximum absolute atomic E-state index is 11.4. The van der Waals surface area contributed by atoms with Gasteiger partial charge in [0.2, 0.25) is 11.2 Å². The first-order valence-corrected chi connectivity index (χ1v) is 5.56. The molecule has 1 aliphatic rings. The molecule has 0 unspecified atom stereocenters. The molecule has 2 rings (SSSR count). The third-order valence-corrected chi connectivity index (χ3v) is 2.37. The van der Waals surface area contributed by atoms with Crippen molar-refractivity contribution < 1.29 is 4.79 Å². The van der Waals surface area contributed by atoms with E-state index < -0.39 is 0 Å². The molecule has 1 aromatic heterocycles. The highest BCUT2D eigenvalue weighted by Gasteiger charge is 2.22. The summed E-state index contributed by atoms with van der Waals surface area (Å²) in [6, 6.07) is 2.13. The van der Waals surface area contributed by atoms with Crippen molar-refractivity contribution in [2.45, 2.75) is 25.8 Å². The molecule has 5 nitrogen and oxygen atoms in total. The van der Waals surface area contributed by atoms with E-state index in [2.05, 4.69) is 20.6 Å². The Morgan fingerprint density at radius 1 is 1.56 bits per heavy atom. The molecule has 1 heterocycles. The largest absolute Gasteiger partial charge is 0.361 e. The summed E-state index contributed by atoms with van der Waals surface area (Å²) >= 11 is 5.70. The number of aromatic nitrogens is 2. The predicted octanol–water partition coefficient (Wildman–Crippen LogP) is 1.13. The van der Waals surface area contributed by atoms with Crippen molar-refractivity contribution in [3.63, 3.8) is 0 Å². The van der Waals surface area contributed by atoms with Gasteiger partial charge in [0.1, 0.15) is 5.82 Å². The van der Waals surface area contributed by atoms with E-state index in [0.29, 0.717) is 11.9 Å². The smallest absolute Gasteiger partial charge is 0.239 e. The number of carbonyl (C=O) groups is 1. The van der Waals surface area contributed by atoms with Gasteiger partial charge in [0.05, 0.1) is 6.54 Å². The maximum Gasteiger partial charge on any atom is 0.239 e. The van der Waals surface area contributed by atoms with Crippen molar-refractivity contribution in [1.29, 1.82) is 0 Å². The van der Waals surface area contributed by atoms with Crippen LogP contribution in [0.15, 0.2) is 6.07 Å². The van der Waals surface area contributed by atoms with Gasteiger partial charge in [0.25, 0.3) is 0 Å². The quantitative estimate of drug-likeness (QED) is 0.775. The molecule has 86 valence electrons. The molecule has 0 radical (unpaired) electrons. The Morgan fingerprint density at radius 3 is 2.94 bits per heavy atom. The van der Waals surface area contributed by atoms with Gasteiger partial charge in [-0.2, -0.15) is 0 Å². The van der Waals surface area contributed by atoms with Crippen molar-refractivity contribution in [3.05, 3.63) is 17.0 Å². The second-order valence-electron chi connectivity index (χ2n) is 3.86. The average Bonchev–Trinajstić information content (AvgIpc) is 2.97. The van der Waals surface area contributed by atoms with Crippen LogP contribution in [0.3, 0.4) is 0 Å². The number of rotatable bonds is 4. The van der Waals surface area contributed by atoms with Gasteiger partial charge in [-0.15, -0.1) is 0 Å². The van der Waals surface area contributed by atoms with Crippen LogP contribution in [-0.2, 0) is 4.79 Å². The lowest BCUT2D eigenvalue weighted by Gasteiger charge is -2.06. The topological polar surface area (TPSA) is 66.9 Å². The SMILES string of the molecule is Cc1cc(NCC(=O)NC2CC2)nc(Cl)n1. The van der Waals surface area contributed by atoms with Gasteiger partial charge in [-0.05, 0) is 31.4 Å². The molecule has 0 atom stereocenters. The summed E-state index contributed by atoms with van der Waals surface area (Å²) in [5, 5.41) is 5.97. The Labute approximate surface area is 98.6 Å². The highest BCUT2D eigenvalue weighted by Crippen LogP contribution is 2.18. The molecule has 1 saturated carbocycles. The second-order valence-corrected chi connectivity index (χ2v) is 4.20. The molecule has 6 heteroatoms. The Bertz CT molecular complexity index is 386. The first-order chi connectivity index (χ1) is 7.63. The molecular weight excluding hydrogens is 228 g/mol. The molecule has 0 spiro atoms. The summed E-state index contributed by atoms with van der Waals surface area (Å²) in [5.74, 6) is 0.554. The molecule has 1 amide bonds. The second kappa shape index (κ2) is 4.65. The number of nitrogens with one attached hydrogen (secondary N) is 2. The van der Waals surface area contributed by atoms with Crippen molar-refractivity contribution in [2.24, 2.45) is 0 Å². The van der Waals surface area contributed by atoms with E-state index in [0.717, 1.165) is 18.5 Å². The Morgan fingerprint density at radius 2 is 2.31 bits per heavy atom. The van der Waals surface area contributed by atoms with Crippen LogP contribution < -0.4 is 10.6 Å². The lowest BCUT2D eigenvalue weighted by Crippen LogP contribution is -2.31. The number of halogens is 1. The lowest BCUT2D eigenvalue weighted by atomic mass is 10.4. The molecule has 2 N–H and O–H groups in total. The molecule has 0 aliphatic heterocycles. The number of aryl methyl sites for hydroxylation is 1. The van der Waals surface area contributed by atoms with Gasteiger partial charge in [-0.25, -0.2) is 9.97 Å². The summed E-state index contributed by atoms with van der Waals surface area (Å²) in [7, 11) is 0. The average molecular weight is 241 g/mol. The minimum atomic E-state index is -0.0186. The maximum atomic E-state index is 11.4. The molecule has 1 fully saturated rings. The zero-order valence-corrected chi connectivity index (χ0v) is 9.71. The third-order valence-electron chi connectivity index (χ3n) is 2.20. The van der Waals surface area contributed by atoms with Crippen molar-refractivity contribution in [3.8, 4) is 0 Å². The van der Waals surface area contributed by atoms with Crippen LogP contribution in [-0.4, -0.2) is 28.5 Å². The predicted molar refractivity (Wildman–Crippen MR) is 61.4 cm³/mol. The zero-order valence-electron chi connectivity index (χ0n) is 8.96. The molecular formula is C10H13ClN4O. The Balaban J connectivity index is 1.85. The Hall–Kier alpha value is -1.36. The summed E-state index contributed by atoms with van der Waals surface area (Å²) in [6.07, 6.45) is 2.17. The van der Waals surface area contributed by atoms with Gasteiger partial charge in [0.15, 0.2) is 0 Å². The highest BCUT2D eigenvalue weighted by atomic mass is 35.5. The number of hydrogen-bond donors (Lipinski definition) is 2. The number of carbonyl (C=O) groups excluding carboxylic acids is 1. The molecule has 0 saturated heterocycles. The van der Waals surface area contributed by atoms with Gasteiger partial charge in [-0.3, -0.25) is 4.79 Å². The van der Waals surface area contributed by atoms with Crippen molar-refractivity contribution in [2.75, 3.05) is 11.9 Å². The number of amides is 1. The summed E-state index contributed by atoms with van der Waals surface area (Å²) < 4.78 is 0. The summed E-state index contributed by atoms with van der Waals surface area (Å²) in [6.45, 7) is 2.03. The van der Waals surface area contributed by atoms with Crippen LogP contribution in [0.4, 0.5) is 5.82 Å². The summed E-state index contributed by atoms with van der Waals surface area (Å²) in [5.41, 5.74) is 0.769. The van der Waals surface area contributed by atoms with Crippen LogP contribution in [0.25, 0.3) is 0 Å². The van der Waals surface area contributed by atoms with Gasteiger partial charge in [-0.1, -0.05) is 0 Å². The first-order valence-electron chi connectivity index (χ1n) is 5.18. The standard InChI is InChI=1S/C10H13ClN4O/c1-6-4-8(15-10(11)13-6)12-5-9(16)14-7-2-3-7/h4,7H,2-3,5H2,1H3,(H,14,16)(H,12,13,15). The number of nitrogens with zero attached hydrogens (tertiary/aromatic N) is 2. The van der Waals surface area contributed by atoms with E-state index in [4.69, 9.17) is 11.6 Å².